The first-order valence-electron chi connectivity index (χ1n) is 8.86. The maximum absolute atomic E-state index is 12.8. The predicted molar refractivity (Wildman–Crippen MR) is 104 cm³/mol. The average Bonchev–Trinajstić information content (AvgIpc) is 2.74. The van der Waals surface area contributed by atoms with Crippen molar-refractivity contribution in [1.29, 1.82) is 0 Å². The minimum atomic E-state index is 0.0134. The van der Waals surface area contributed by atoms with Gasteiger partial charge in [0.2, 0.25) is 0 Å². The second-order valence-electron chi connectivity index (χ2n) is 6.68. The van der Waals surface area contributed by atoms with Gasteiger partial charge in [0.1, 0.15) is 0 Å². The van der Waals surface area contributed by atoms with Gasteiger partial charge in [0.15, 0.2) is 0 Å². The van der Waals surface area contributed by atoms with Crippen molar-refractivity contribution in [3.05, 3.63) is 33.4 Å². The van der Waals surface area contributed by atoms with Crippen molar-refractivity contribution < 1.29 is 4.79 Å². The van der Waals surface area contributed by atoms with Crippen molar-refractivity contribution in [3.63, 3.8) is 0 Å². The number of aromatic nitrogens is 1. The molecule has 1 aliphatic carbocycles. The van der Waals surface area contributed by atoms with Crippen LogP contribution >= 0.6 is 27.5 Å². The molecule has 1 amide bonds. The first kappa shape index (κ1) is 17.8. The zero-order chi connectivity index (χ0) is 17.1. The van der Waals surface area contributed by atoms with Gasteiger partial charge in [0, 0.05) is 34.2 Å². The molecule has 2 aromatic rings. The lowest BCUT2D eigenvalue weighted by Crippen LogP contribution is -2.29. The number of fused-ring (bicyclic) bond motifs is 1. The van der Waals surface area contributed by atoms with Gasteiger partial charge in [-0.05, 0) is 37.8 Å². The van der Waals surface area contributed by atoms with Gasteiger partial charge in [0.25, 0.3) is 5.91 Å². The number of carbonyl (C=O) groups is 1. The number of aryl methyl sites for hydroxylation is 1. The minimum Gasteiger partial charge on any atom is -0.352 e. The first-order valence-corrected chi connectivity index (χ1v) is 10.0. The van der Waals surface area contributed by atoms with Crippen molar-refractivity contribution in [2.75, 3.05) is 6.54 Å². The molecule has 24 heavy (non-hydrogen) atoms. The quantitative estimate of drug-likeness (QED) is 0.636. The number of nitrogens with one attached hydrogen (secondary N) is 1. The van der Waals surface area contributed by atoms with E-state index < -0.39 is 0 Å². The fourth-order valence-corrected chi connectivity index (χ4v) is 4.68. The largest absolute Gasteiger partial charge is 0.352 e. The number of hydrogen-bond donors (Lipinski definition) is 1. The molecule has 1 aliphatic rings. The Kier molecular flexibility index (Phi) is 5.88. The van der Waals surface area contributed by atoms with Crippen molar-refractivity contribution in [2.24, 2.45) is 5.92 Å². The summed E-state index contributed by atoms with van der Waals surface area (Å²) < 4.78 is 2.95. The number of benzene rings is 1. The third-order valence-electron chi connectivity index (χ3n) is 5.01. The highest BCUT2D eigenvalue weighted by molar-refractivity contribution is 9.10. The fraction of sp³-hybridized carbons (Fsp3) is 0.526. The average molecular weight is 412 g/mol. The summed E-state index contributed by atoms with van der Waals surface area (Å²) in [6.07, 6.45) is 9.66. The fourth-order valence-electron chi connectivity index (χ4n) is 3.68. The maximum Gasteiger partial charge on any atom is 0.253 e. The van der Waals surface area contributed by atoms with Gasteiger partial charge in [-0.25, -0.2) is 0 Å². The highest BCUT2D eigenvalue weighted by Crippen LogP contribution is 2.32. The van der Waals surface area contributed by atoms with Crippen LogP contribution in [0.15, 0.2) is 22.8 Å². The molecule has 3 rings (SSSR count). The van der Waals surface area contributed by atoms with Crippen LogP contribution in [-0.4, -0.2) is 17.0 Å². The standard InChI is InChI=1S/C19H24BrClN2O/c1-2-23-12-15(18-16(20)9-14(21)10-17(18)23)19(24)22-11-13-7-5-3-4-6-8-13/h9-10,12-13H,2-8,11H2,1H3,(H,22,24). The molecule has 1 saturated carbocycles. The summed E-state index contributed by atoms with van der Waals surface area (Å²) in [5.41, 5.74) is 1.72. The van der Waals surface area contributed by atoms with Gasteiger partial charge >= 0.3 is 0 Å². The Labute approximate surface area is 156 Å². The monoisotopic (exact) mass is 410 g/mol. The van der Waals surface area contributed by atoms with E-state index in [2.05, 4.69) is 32.7 Å². The lowest BCUT2D eigenvalue weighted by Gasteiger charge is -2.14. The molecule has 1 N–H and O–H groups in total. The zero-order valence-electron chi connectivity index (χ0n) is 14.1. The molecule has 0 radical (unpaired) electrons. The molecule has 0 unspecified atom stereocenters. The van der Waals surface area contributed by atoms with E-state index in [1.807, 2.05) is 18.3 Å². The summed E-state index contributed by atoms with van der Waals surface area (Å²) in [5.74, 6) is 0.633. The molecule has 0 saturated heterocycles. The van der Waals surface area contributed by atoms with E-state index >= 15 is 0 Å². The Hall–Kier alpha value is -1.00. The molecule has 0 aliphatic heterocycles. The van der Waals surface area contributed by atoms with E-state index in [0.717, 1.165) is 34.0 Å². The molecule has 0 spiro atoms. The number of rotatable bonds is 4. The maximum atomic E-state index is 12.8. The molecular weight excluding hydrogens is 388 g/mol. The lowest BCUT2D eigenvalue weighted by atomic mass is 10.0. The highest BCUT2D eigenvalue weighted by Gasteiger charge is 2.19. The number of carbonyl (C=O) groups excluding carboxylic acids is 1. The Bertz CT molecular complexity index is 733. The van der Waals surface area contributed by atoms with Gasteiger partial charge in [0.05, 0.1) is 11.1 Å². The molecule has 0 bridgehead atoms. The van der Waals surface area contributed by atoms with Gasteiger partial charge in [-0.1, -0.05) is 53.2 Å². The normalized spacial score (nSPS) is 16.3. The van der Waals surface area contributed by atoms with Crippen LogP contribution in [0, 0.1) is 5.92 Å². The van der Waals surface area contributed by atoms with Crippen LogP contribution in [0.5, 0.6) is 0 Å². The second-order valence-corrected chi connectivity index (χ2v) is 7.97. The molecule has 130 valence electrons. The summed E-state index contributed by atoms with van der Waals surface area (Å²) in [6, 6.07) is 3.78. The number of halogens is 2. The number of hydrogen-bond acceptors (Lipinski definition) is 1. The van der Waals surface area contributed by atoms with Crippen LogP contribution < -0.4 is 5.32 Å². The van der Waals surface area contributed by atoms with Crippen LogP contribution in [0.25, 0.3) is 10.9 Å². The summed E-state index contributed by atoms with van der Waals surface area (Å²) in [6.45, 7) is 3.66. The van der Waals surface area contributed by atoms with Crippen LogP contribution in [0.2, 0.25) is 5.02 Å². The molecule has 1 fully saturated rings. The molecule has 5 heteroatoms. The van der Waals surface area contributed by atoms with Gasteiger partial charge in [-0.15, -0.1) is 0 Å². The Morgan fingerprint density at radius 2 is 2.00 bits per heavy atom. The zero-order valence-corrected chi connectivity index (χ0v) is 16.4. The Balaban J connectivity index is 1.81. The van der Waals surface area contributed by atoms with Crippen LogP contribution in [-0.2, 0) is 6.54 Å². The lowest BCUT2D eigenvalue weighted by molar-refractivity contribution is 0.0947. The van der Waals surface area contributed by atoms with Crippen LogP contribution in [0.1, 0.15) is 55.8 Å². The Morgan fingerprint density at radius 1 is 1.29 bits per heavy atom. The second kappa shape index (κ2) is 7.92. The smallest absolute Gasteiger partial charge is 0.253 e. The van der Waals surface area contributed by atoms with Crippen LogP contribution in [0.3, 0.4) is 0 Å². The summed E-state index contributed by atoms with van der Waals surface area (Å²) in [4.78, 5) is 12.8. The van der Waals surface area contributed by atoms with Crippen molar-refractivity contribution >= 4 is 44.3 Å². The third kappa shape index (κ3) is 3.80. The van der Waals surface area contributed by atoms with Gasteiger partial charge < -0.3 is 9.88 Å². The van der Waals surface area contributed by atoms with Gasteiger partial charge in [-0.2, -0.15) is 0 Å². The van der Waals surface area contributed by atoms with E-state index in [1.54, 1.807) is 0 Å². The van der Waals surface area contributed by atoms with E-state index in [0.29, 0.717) is 10.9 Å². The van der Waals surface area contributed by atoms with E-state index in [-0.39, 0.29) is 5.91 Å². The van der Waals surface area contributed by atoms with Gasteiger partial charge in [-0.3, -0.25) is 4.79 Å². The van der Waals surface area contributed by atoms with Crippen molar-refractivity contribution in [2.45, 2.75) is 52.0 Å². The number of nitrogens with zero attached hydrogens (tertiary/aromatic N) is 1. The topological polar surface area (TPSA) is 34.0 Å². The SMILES string of the molecule is CCn1cc(C(=O)NCC2CCCCCC2)c2c(Br)cc(Cl)cc21. The molecular formula is C19H24BrClN2O. The molecule has 1 heterocycles. The minimum absolute atomic E-state index is 0.0134. The Morgan fingerprint density at radius 3 is 2.67 bits per heavy atom. The molecule has 1 aromatic heterocycles. The van der Waals surface area contributed by atoms with E-state index in [1.165, 1.54) is 38.5 Å². The van der Waals surface area contributed by atoms with Crippen molar-refractivity contribution in [1.82, 2.24) is 9.88 Å². The third-order valence-corrected chi connectivity index (χ3v) is 5.85. The molecule has 3 nitrogen and oxygen atoms in total. The van der Waals surface area contributed by atoms with E-state index in [9.17, 15) is 4.79 Å². The summed E-state index contributed by atoms with van der Waals surface area (Å²) in [5, 5.41) is 4.78. The summed E-state index contributed by atoms with van der Waals surface area (Å²) >= 11 is 9.75. The number of amides is 1. The first-order chi connectivity index (χ1) is 11.6. The van der Waals surface area contributed by atoms with Crippen LogP contribution in [0.4, 0.5) is 0 Å². The molecule has 1 aromatic carbocycles. The van der Waals surface area contributed by atoms with Crippen molar-refractivity contribution in [3.8, 4) is 0 Å². The highest BCUT2D eigenvalue weighted by atomic mass is 79.9. The summed E-state index contributed by atoms with van der Waals surface area (Å²) in [7, 11) is 0. The predicted octanol–water partition coefficient (Wildman–Crippen LogP) is 5.78. The van der Waals surface area contributed by atoms with E-state index in [4.69, 9.17) is 11.6 Å². The molecule has 0 atom stereocenters.